The molecule has 7 heteroatoms. The molecule has 0 saturated heterocycles. The van der Waals surface area contributed by atoms with Crippen LogP contribution in [0.3, 0.4) is 0 Å². The molecule has 3 N–H and O–H groups in total. The number of hydrogen-bond acceptors (Lipinski definition) is 3. The van der Waals surface area contributed by atoms with Crippen LogP contribution in [0.15, 0.2) is 4.99 Å². The number of methoxy groups -OCH3 is 1. The number of guanidine groups is 1. The monoisotopic (exact) mass is 452 g/mol. The summed E-state index contributed by atoms with van der Waals surface area (Å²) in [5.41, 5.74) is 0.0662. The molecule has 24 heavy (non-hydrogen) atoms. The van der Waals surface area contributed by atoms with Gasteiger partial charge in [-0.1, -0.05) is 33.1 Å². The Kier molecular flexibility index (Phi) is 8.76. The van der Waals surface area contributed by atoms with Crippen LogP contribution in [0.5, 0.6) is 0 Å². The van der Waals surface area contributed by atoms with Crippen LogP contribution in [-0.4, -0.2) is 50.8 Å². The van der Waals surface area contributed by atoms with Crippen LogP contribution in [-0.2, 0) is 9.53 Å². The third kappa shape index (κ3) is 5.47. The second-order valence-corrected chi connectivity index (χ2v) is 7.31. The Hall–Kier alpha value is -0.570. The topological polar surface area (TPSA) is 74.8 Å². The van der Waals surface area contributed by atoms with E-state index in [0.29, 0.717) is 18.0 Å². The number of rotatable bonds is 5. The summed E-state index contributed by atoms with van der Waals surface area (Å²) in [6, 6.07) is 0.654. The van der Waals surface area contributed by atoms with Crippen molar-refractivity contribution >= 4 is 35.8 Å². The second kappa shape index (κ2) is 9.79. The lowest BCUT2D eigenvalue weighted by Crippen LogP contribution is -2.63. The normalized spacial score (nSPS) is 26.8. The van der Waals surface area contributed by atoms with Gasteiger partial charge in [-0.15, -0.1) is 24.0 Å². The molecular formula is C17H33IN4O2. The minimum atomic E-state index is 0. The van der Waals surface area contributed by atoms with Crippen molar-refractivity contribution in [2.75, 3.05) is 20.7 Å². The fourth-order valence-electron chi connectivity index (χ4n) is 3.58. The summed E-state index contributed by atoms with van der Waals surface area (Å²) < 4.78 is 5.47. The predicted octanol–water partition coefficient (Wildman–Crippen LogP) is 2.03. The van der Waals surface area contributed by atoms with E-state index in [4.69, 9.17) is 4.74 Å². The number of nitrogens with one attached hydrogen (secondary N) is 3. The van der Waals surface area contributed by atoms with Gasteiger partial charge in [0.15, 0.2) is 5.96 Å². The third-order valence-electron chi connectivity index (χ3n) is 5.38. The zero-order chi connectivity index (χ0) is 16.9. The third-order valence-corrected chi connectivity index (χ3v) is 5.38. The zero-order valence-corrected chi connectivity index (χ0v) is 17.7. The van der Waals surface area contributed by atoms with Gasteiger partial charge >= 0.3 is 0 Å². The number of carbonyl (C=O) groups is 1. The molecular weight excluding hydrogens is 419 g/mol. The van der Waals surface area contributed by atoms with E-state index in [-0.39, 0.29) is 47.9 Å². The molecule has 6 nitrogen and oxygen atoms in total. The van der Waals surface area contributed by atoms with Crippen molar-refractivity contribution in [3.63, 3.8) is 0 Å². The maximum Gasteiger partial charge on any atom is 0.239 e. The molecule has 140 valence electrons. The Balaban J connectivity index is 0.00000288. The minimum absolute atomic E-state index is 0. The highest BCUT2D eigenvalue weighted by Crippen LogP contribution is 2.42. The van der Waals surface area contributed by atoms with Crippen LogP contribution in [0, 0.1) is 5.41 Å². The second-order valence-electron chi connectivity index (χ2n) is 7.31. The lowest BCUT2D eigenvalue weighted by atomic mass is 9.64. The standard InChI is InChI=1S/C17H32N4O2.HI/c1-17(2)13(10-14(17)23-4)21-16(18-3)19-11-15(22)20-12-8-6-5-7-9-12;/h12-14H,5-11H2,1-4H3,(H,20,22)(H2,18,19,21);1H. The van der Waals surface area contributed by atoms with Gasteiger partial charge in [0.1, 0.15) is 0 Å². The molecule has 0 radical (unpaired) electrons. The number of halogens is 1. The summed E-state index contributed by atoms with van der Waals surface area (Å²) in [7, 11) is 3.49. The predicted molar refractivity (Wildman–Crippen MR) is 108 cm³/mol. The summed E-state index contributed by atoms with van der Waals surface area (Å²) in [6.07, 6.45) is 7.17. The van der Waals surface area contributed by atoms with Crippen LogP contribution in [0.25, 0.3) is 0 Å². The molecule has 2 atom stereocenters. The van der Waals surface area contributed by atoms with Gasteiger partial charge < -0.3 is 20.7 Å². The summed E-state index contributed by atoms with van der Waals surface area (Å²) >= 11 is 0. The van der Waals surface area contributed by atoms with E-state index in [1.807, 2.05) is 0 Å². The smallest absolute Gasteiger partial charge is 0.239 e. The van der Waals surface area contributed by atoms with Crippen molar-refractivity contribution in [3.05, 3.63) is 0 Å². The Morgan fingerprint density at radius 1 is 1.21 bits per heavy atom. The van der Waals surface area contributed by atoms with Gasteiger partial charge in [-0.25, -0.2) is 0 Å². The van der Waals surface area contributed by atoms with Crippen molar-refractivity contribution in [1.82, 2.24) is 16.0 Å². The minimum Gasteiger partial charge on any atom is -0.381 e. The van der Waals surface area contributed by atoms with E-state index in [0.717, 1.165) is 19.3 Å². The Labute approximate surface area is 163 Å². The van der Waals surface area contributed by atoms with Gasteiger partial charge in [-0.05, 0) is 19.3 Å². The molecule has 0 aromatic carbocycles. The lowest BCUT2D eigenvalue weighted by Gasteiger charge is -2.51. The summed E-state index contributed by atoms with van der Waals surface area (Å²) in [4.78, 5) is 16.3. The van der Waals surface area contributed by atoms with Gasteiger partial charge in [0, 0.05) is 31.7 Å². The number of aliphatic imine (C=N–C) groups is 1. The first-order chi connectivity index (χ1) is 11.0. The van der Waals surface area contributed by atoms with E-state index in [1.54, 1.807) is 14.2 Å². The number of ether oxygens (including phenoxy) is 1. The molecule has 2 fully saturated rings. The maximum atomic E-state index is 12.1. The fraction of sp³-hybridized carbons (Fsp3) is 0.882. The number of nitrogens with zero attached hydrogens (tertiary/aromatic N) is 1. The van der Waals surface area contributed by atoms with Crippen LogP contribution in [0.1, 0.15) is 52.4 Å². The molecule has 2 aliphatic rings. The maximum absolute atomic E-state index is 12.1. The molecule has 0 aromatic rings. The number of amides is 1. The molecule has 2 unspecified atom stereocenters. The first-order valence-electron chi connectivity index (χ1n) is 8.76. The molecule has 0 bridgehead atoms. The molecule has 2 saturated carbocycles. The average Bonchev–Trinajstić information content (AvgIpc) is 2.54. The van der Waals surface area contributed by atoms with Crippen LogP contribution >= 0.6 is 24.0 Å². The van der Waals surface area contributed by atoms with Crippen LogP contribution in [0.2, 0.25) is 0 Å². The summed E-state index contributed by atoms with van der Waals surface area (Å²) in [5.74, 6) is 0.721. The zero-order valence-electron chi connectivity index (χ0n) is 15.4. The summed E-state index contributed by atoms with van der Waals surface area (Å²) in [6.45, 7) is 4.63. The average molecular weight is 452 g/mol. The van der Waals surface area contributed by atoms with Crippen molar-refractivity contribution in [2.24, 2.45) is 10.4 Å². The molecule has 1 amide bonds. The lowest BCUT2D eigenvalue weighted by molar-refractivity contribution is -0.120. The fourth-order valence-corrected chi connectivity index (χ4v) is 3.58. The van der Waals surface area contributed by atoms with Gasteiger partial charge in [0.25, 0.3) is 0 Å². The van der Waals surface area contributed by atoms with Crippen molar-refractivity contribution in [3.8, 4) is 0 Å². The quantitative estimate of drug-likeness (QED) is 0.339. The van der Waals surface area contributed by atoms with Crippen molar-refractivity contribution < 1.29 is 9.53 Å². The molecule has 2 aliphatic carbocycles. The van der Waals surface area contributed by atoms with E-state index < -0.39 is 0 Å². The molecule has 0 aliphatic heterocycles. The first-order valence-corrected chi connectivity index (χ1v) is 8.76. The van der Waals surface area contributed by atoms with E-state index in [2.05, 4.69) is 34.8 Å². The SMILES string of the molecule is CN=C(NCC(=O)NC1CCCCC1)NC1CC(OC)C1(C)C.I. The highest BCUT2D eigenvalue weighted by atomic mass is 127. The Bertz CT molecular complexity index is 436. The first kappa shape index (κ1) is 21.5. The van der Waals surface area contributed by atoms with Gasteiger partial charge in [-0.2, -0.15) is 0 Å². The highest BCUT2D eigenvalue weighted by Gasteiger charge is 2.48. The van der Waals surface area contributed by atoms with Gasteiger partial charge in [0.05, 0.1) is 12.6 Å². The Morgan fingerprint density at radius 2 is 1.88 bits per heavy atom. The highest BCUT2D eigenvalue weighted by molar-refractivity contribution is 14.0. The molecule has 0 heterocycles. The van der Waals surface area contributed by atoms with Gasteiger partial charge in [0.2, 0.25) is 5.91 Å². The number of hydrogen-bond donors (Lipinski definition) is 3. The van der Waals surface area contributed by atoms with E-state index in [9.17, 15) is 4.79 Å². The molecule has 2 rings (SSSR count). The van der Waals surface area contributed by atoms with Gasteiger partial charge in [-0.3, -0.25) is 9.79 Å². The van der Waals surface area contributed by atoms with E-state index >= 15 is 0 Å². The summed E-state index contributed by atoms with van der Waals surface area (Å²) in [5, 5.41) is 9.62. The number of carbonyl (C=O) groups excluding carboxylic acids is 1. The molecule has 0 spiro atoms. The largest absolute Gasteiger partial charge is 0.381 e. The Morgan fingerprint density at radius 3 is 2.42 bits per heavy atom. The molecule has 0 aromatic heterocycles. The van der Waals surface area contributed by atoms with Crippen LogP contribution in [0.4, 0.5) is 0 Å². The van der Waals surface area contributed by atoms with Crippen molar-refractivity contribution in [2.45, 2.75) is 70.6 Å². The van der Waals surface area contributed by atoms with E-state index in [1.165, 1.54) is 19.3 Å². The van der Waals surface area contributed by atoms with Crippen molar-refractivity contribution in [1.29, 1.82) is 0 Å². The van der Waals surface area contributed by atoms with Crippen LogP contribution < -0.4 is 16.0 Å².